The van der Waals surface area contributed by atoms with E-state index >= 15 is 0 Å². The van der Waals surface area contributed by atoms with E-state index in [2.05, 4.69) is 37.8 Å². The first-order valence-electron chi connectivity index (χ1n) is 9.75. The minimum Gasteiger partial charge on any atom is -0.336 e. The SMILES string of the molecule is CNS(=O)(=O)Cc1ccc(CNC(=O)NCC(c2cccs2)N2CCCC2)cc1. The van der Waals surface area contributed by atoms with Crippen LogP contribution in [0.15, 0.2) is 41.8 Å². The number of hydrogen-bond donors (Lipinski definition) is 3. The van der Waals surface area contributed by atoms with Crippen molar-refractivity contribution >= 4 is 27.4 Å². The van der Waals surface area contributed by atoms with E-state index in [9.17, 15) is 13.2 Å². The molecule has 2 amide bonds. The molecule has 9 heteroatoms. The van der Waals surface area contributed by atoms with Gasteiger partial charge in [-0.2, -0.15) is 0 Å². The summed E-state index contributed by atoms with van der Waals surface area (Å²) in [7, 11) is -1.88. The quantitative estimate of drug-likeness (QED) is 0.563. The van der Waals surface area contributed by atoms with Crippen molar-refractivity contribution in [2.75, 3.05) is 26.7 Å². The molecule has 2 heterocycles. The van der Waals surface area contributed by atoms with Crippen LogP contribution in [0.1, 0.15) is 34.9 Å². The maximum atomic E-state index is 12.3. The van der Waals surface area contributed by atoms with E-state index in [0.29, 0.717) is 18.7 Å². The van der Waals surface area contributed by atoms with Gasteiger partial charge in [0.2, 0.25) is 10.0 Å². The summed E-state index contributed by atoms with van der Waals surface area (Å²) in [6.07, 6.45) is 2.42. The molecular formula is C20H28N4O3S2. The van der Waals surface area contributed by atoms with E-state index in [0.717, 1.165) is 18.7 Å². The number of carbonyl (C=O) groups excluding carboxylic acids is 1. The van der Waals surface area contributed by atoms with Crippen LogP contribution in [0, 0.1) is 0 Å². The van der Waals surface area contributed by atoms with Gasteiger partial charge in [0.05, 0.1) is 11.8 Å². The zero-order chi connectivity index (χ0) is 20.7. The van der Waals surface area contributed by atoms with Crippen LogP contribution in [0.2, 0.25) is 0 Å². The van der Waals surface area contributed by atoms with E-state index in [4.69, 9.17) is 0 Å². The lowest BCUT2D eigenvalue weighted by atomic mass is 10.1. The van der Waals surface area contributed by atoms with Crippen LogP contribution >= 0.6 is 11.3 Å². The fraction of sp³-hybridized carbons (Fsp3) is 0.450. The van der Waals surface area contributed by atoms with Crippen LogP contribution in [-0.2, 0) is 22.3 Å². The Bertz CT molecular complexity index is 877. The number of urea groups is 1. The Hall–Kier alpha value is -1.94. The number of hydrogen-bond acceptors (Lipinski definition) is 5. The summed E-state index contributed by atoms with van der Waals surface area (Å²) in [5.74, 6) is -0.0572. The van der Waals surface area contributed by atoms with Gasteiger partial charge in [0.15, 0.2) is 0 Å². The Balaban J connectivity index is 1.48. The zero-order valence-electron chi connectivity index (χ0n) is 16.6. The smallest absolute Gasteiger partial charge is 0.315 e. The zero-order valence-corrected chi connectivity index (χ0v) is 18.2. The lowest BCUT2D eigenvalue weighted by molar-refractivity contribution is 0.222. The summed E-state index contributed by atoms with van der Waals surface area (Å²) >= 11 is 1.73. The van der Waals surface area contributed by atoms with Crippen LogP contribution in [-0.4, -0.2) is 46.0 Å². The third kappa shape index (κ3) is 6.53. The third-order valence-electron chi connectivity index (χ3n) is 5.05. The van der Waals surface area contributed by atoms with Crippen LogP contribution in [0.3, 0.4) is 0 Å². The Labute approximate surface area is 176 Å². The standard InChI is InChI=1S/C20H28N4O3S2/c1-21-29(26,27)15-17-8-6-16(7-9-17)13-22-20(25)23-14-18(19-5-4-12-28-19)24-10-2-3-11-24/h4-9,12,18,21H,2-3,10-11,13-15H2,1H3,(H2,22,23,25). The molecule has 3 rings (SSSR count). The highest BCUT2D eigenvalue weighted by Gasteiger charge is 2.24. The highest BCUT2D eigenvalue weighted by molar-refractivity contribution is 7.88. The van der Waals surface area contributed by atoms with Crippen LogP contribution in [0.5, 0.6) is 0 Å². The summed E-state index contributed by atoms with van der Waals surface area (Å²) in [4.78, 5) is 16.0. The molecular weight excluding hydrogens is 408 g/mol. The molecule has 1 aromatic carbocycles. The molecule has 1 aliphatic heterocycles. The summed E-state index contributed by atoms with van der Waals surface area (Å²) in [5, 5.41) is 7.94. The summed E-state index contributed by atoms with van der Waals surface area (Å²) in [6.45, 7) is 3.11. The van der Waals surface area contributed by atoms with Crippen LogP contribution in [0.4, 0.5) is 4.79 Å². The summed E-state index contributed by atoms with van der Waals surface area (Å²) in [6, 6.07) is 11.4. The van der Waals surface area contributed by atoms with Crippen molar-refractivity contribution in [3.8, 4) is 0 Å². The second kappa shape index (κ2) is 10.2. The minimum absolute atomic E-state index is 0.0572. The number of nitrogens with one attached hydrogen (secondary N) is 3. The highest BCUT2D eigenvalue weighted by Crippen LogP contribution is 2.27. The molecule has 0 saturated carbocycles. The first kappa shape index (κ1) is 21.8. The van der Waals surface area contributed by atoms with Crippen molar-refractivity contribution in [1.29, 1.82) is 0 Å². The second-order valence-electron chi connectivity index (χ2n) is 7.12. The molecule has 0 bridgehead atoms. The molecule has 29 heavy (non-hydrogen) atoms. The maximum absolute atomic E-state index is 12.3. The lowest BCUT2D eigenvalue weighted by Crippen LogP contribution is -2.41. The van der Waals surface area contributed by atoms with Crippen molar-refractivity contribution in [3.05, 3.63) is 57.8 Å². The molecule has 1 aliphatic rings. The number of amides is 2. The molecule has 7 nitrogen and oxygen atoms in total. The first-order chi connectivity index (χ1) is 14.0. The molecule has 1 aromatic heterocycles. The average Bonchev–Trinajstić information content (AvgIpc) is 3.42. The van der Waals surface area contributed by atoms with Crippen LogP contribution < -0.4 is 15.4 Å². The van der Waals surface area contributed by atoms with Gasteiger partial charge in [-0.25, -0.2) is 17.9 Å². The predicted molar refractivity (Wildman–Crippen MR) is 116 cm³/mol. The van der Waals surface area contributed by atoms with Crippen molar-refractivity contribution in [1.82, 2.24) is 20.3 Å². The van der Waals surface area contributed by atoms with E-state index < -0.39 is 10.0 Å². The molecule has 0 spiro atoms. The molecule has 2 aromatic rings. The normalized spacial score (nSPS) is 15.9. The number of benzene rings is 1. The molecule has 1 unspecified atom stereocenters. The maximum Gasteiger partial charge on any atom is 0.315 e. The Kier molecular flexibility index (Phi) is 7.65. The Morgan fingerprint density at radius 2 is 1.79 bits per heavy atom. The van der Waals surface area contributed by atoms with Crippen molar-refractivity contribution < 1.29 is 13.2 Å². The van der Waals surface area contributed by atoms with Gasteiger partial charge in [0.1, 0.15) is 0 Å². The number of carbonyl (C=O) groups is 1. The molecule has 158 valence electrons. The van der Waals surface area contributed by atoms with Crippen LogP contribution in [0.25, 0.3) is 0 Å². The molecule has 1 atom stereocenters. The van der Waals surface area contributed by atoms with E-state index in [1.54, 1.807) is 23.5 Å². The van der Waals surface area contributed by atoms with E-state index in [1.807, 2.05) is 12.1 Å². The first-order valence-corrected chi connectivity index (χ1v) is 12.3. The fourth-order valence-electron chi connectivity index (χ4n) is 3.42. The molecule has 1 saturated heterocycles. The molecule has 0 aliphatic carbocycles. The number of sulfonamides is 1. The second-order valence-corrected chi connectivity index (χ2v) is 10.0. The predicted octanol–water partition coefficient (Wildman–Crippen LogP) is 2.43. The van der Waals surface area contributed by atoms with Gasteiger partial charge in [-0.3, -0.25) is 4.90 Å². The third-order valence-corrected chi connectivity index (χ3v) is 7.36. The van der Waals surface area contributed by atoms with E-state index in [-0.39, 0.29) is 17.8 Å². The largest absolute Gasteiger partial charge is 0.336 e. The minimum atomic E-state index is -3.29. The number of rotatable bonds is 9. The lowest BCUT2D eigenvalue weighted by Gasteiger charge is -2.27. The Morgan fingerprint density at radius 3 is 2.41 bits per heavy atom. The van der Waals surface area contributed by atoms with Gasteiger partial charge in [0.25, 0.3) is 0 Å². The highest BCUT2D eigenvalue weighted by atomic mass is 32.2. The molecule has 0 radical (unpaired) electrons. The van der Waals surface area contributed by atoms with E-state index in [1.165, 1.54) is 24.8 Å². The average molecular weight is 437 g/mol. The molecule has 3 N–H and O–H groups in total. The van der Waals surface area contributed by atoms with Crippen molar-refractivity contribution in [2.24, 2.45) is 0 Å². The molecule has 1 fully saturated rings. The number of thiophene rings is 1. The van der Waals surface area contributed by atoms with Crippen molar-refractivity contribution in [2.45, 2.75) is 31.2 Å². The summed E-state index contributed by atoms with van der Waals surface area (Å²) in [5.41, 5.74) is 1.62. The topological polar surface area (TPSA) is 90.5 Å². The summed E-state index contributed by atoms with van der Waals surface area (Å²) < 4.78 is 25.5. The van der Waals surface area contributed by atoms with Gasteiger partial charge < -0.3 is 10.6 Å². The van der Waals surface area contributed by atoms with Crippen molar-refractivity contribution in [3.63, 3.8) is 0 Å². The van der Waals surface area contributed by atoms with Gasteiger partial charge >= 0.3 is 6.03 Å². The van der Waals surface area contributed by atoms with Gasteiger partial charge in [-0.15, -0.1) is 11.3 Å². The number of likely N-dealkylation sites (tertiary alicyclic amines) is 1. The monoisotopic (exact) mass is 436 g/mol. The Morgan fingerprint density at radius 1 is 1.10 bits per heavy atom. The van der Waals surface area contributed by atoms with Gasteiger partial charge in [0, 0.05) is 18.0 Å². The fourth-order valence-corrected chi connectivity index (χ4v) is 5.06. The van der Waals surface area contributed by atoms with Gasteiger partial charge in [-0.1, -0.05) is 30.3 Å². The number of nitrogens with zero attached hydrogens (tertiary/aromatic N) is 1. The van der Waals surface area contributed by atoms with Gasteiger partial charge in [-0.05, 0) is 55.6 Å².